The molecule has 0 spiro atoms. The molecule has 0 fully saturated rings. The van der Waals surface area contributed by atoms with E-state index in [1.54, 1.807) is 18.2 Å². The van der Waals surface area contributed by atoms with Gasteiger partial charge in [0.2, 0.25) is 0 Å². The summed E-state index contributed by atoms with van der Waals surface area (Å²) in [5.41, 5.74) is 1.08. The lowest BCUT2D eigenvalue weighted by atomic mass is 10.1. The molecule has 5 heteroatoms. The van der Waals surface area contributed by atoms with Gasteiger partial charge in [-0.2, -0.15) is 0 Å². The van der Waals surface area contributed by atoms with Gasteiger partial charge in [0.15, 0.2) is 0 Å². The van der Waals surface area contributed by atoms with Crippen LogP contribution in [0.2, 0.25) is 0 Å². The van der Waals surface area contributed by atoms with Crippen molar-refractivity contribution in [1.82, 2.24) is 10.6 Å². The van der Waals surface area contributed by atoms with Crippen LogP contribution in [0.25, 0.3) is 0 Å². The van der Waals surface area contributed by atoms with Gasteiger partial charge in [-0.3, -0.25) is 9.59 Å². The van der Waals surface area contributed by atoms with Crippen molar-refractivity contribution in [1.29, 1.82) is 0 Å². The summed E-state index contributed by atoms with van der Waals surface area (Å²) in [7, 11) is 0. The zero-order chi connectivity index (χ0) is 30.5. The summed E-state index contributed by atoms with van der Waals surface area (Å²) in [5, 5.41) is 6.14. The first-order valence-corrected chi connectivity index (χ1v) is 18.0. The fourth-order valence-electron chi connectivity index (χ4n) is 5.33. The Bertz CT molecular complexity index is 795. The topological polar surface area (TPSA) is 67.4 Å². The molecule has 2 amide bonds. The van der Waals surface area contributed by atoms with Gasteiger partial charge in [-0.15, -0.1) is 0 Å². The Balaban J connectivity index is 2.50. The van der Waals surface area contributed by atoms with Crippen molar-refractivity contribution in [3.05, 3.63) is 29.3 Å². The van der Waals surface area contributed by atoms with Crippen LogP contribution < -0.4 is 15.4 Å². The standard InChI is InChI=1S/C37H66N2O3/c1-4-7-10-13-15-17-19-21-24-29-38-36(40)33-27-28-34(35(32-33)42-31-26-23-12-9-6-3)37(41)39-30-25-22-20-18-16-14-11-8-5-2/h27-28,32H,4-26,29-31H2,1-3H3,(H,38,40)(H,39,41). The molecule has 0 aliphatic carbocycles. The van der Waals surface area contributed by atoms with Crippen LogP contribution >= 0.6 is 0 Å². The molecule has 5 nitrogen and oxygen atoms in total. The van der Waals surface area contributed by atoms with E-state index in [1.165, 1.54) is 109 Å². The van der Waals surface area contributed by atoms with Gasteiger partial charge in [-0.05, 0) is 37.5 Å². The second kappa shape index (κ2) is 27.8. The average Bonchev–Trinajstić information content (AvgIpc) is 3.00. The lowest BCUT2D eigenvalue weighted by Gasteiger charge is -2.14. The maximum Gasteiger partial charge on any atom is 0.255 e. The molecule has 0 bridgehead atoms. The molecule has 0 aliphatic heterocycles. The first-order chi connectivity index (χ1) is 20.6. The van der Waals surface area contributed by atoms with Crippen LogP contribution in [0.4, 0.5) is 0 Å². The van der Waals surface area contributed by atoms with E-state index in [2.05, 4.69) is 31.4 Å². The van der Waals surface area contributed by atoms with Crippen LogP contribution in [0.1, 0.15) is 189 Å². The van der Waals surface area contributed by atoms with Crippen molar-refractivity contribution in [3.8, 4) is 5.75 Å². The largest absolute Gasteiger partial charge is 0.493 e. The monoisotopic (exact) mass is 587 g/mol. The number of carbonyl (C=O) groups is 2. The number of rotatable bonds is 29. The van der Waals surface area contributed by atoms with Crippen molar-refractivity contribution in [2.45, 2.75) is 168 Å². The second-order valence-electron chi connectivity index (χ2n) is 12.1. The van der Waals surface area contributed by atoms with Crippen molar-refractivity contribution in [2.75, 3.05) is 19.7 Å². The highest BCUT2D eigenvalue weighted by Crippen LogP contribution is 2.22. The summed E-state index contributed by atoms with van der Waals surface area (Å²) in [4.78, 5) is 25.9. The quantitative estimate of drug-likeness (QED) is 0.0918. The summed E-state index contributed by atoms with van der Waals surface area (Å²) in [6.45, 7) is 8.63. The Morgan fingerprint density at radius 3 is 1.40 bits per heavy atom. The third-order valence-corrected chi connectivity index (χ3v) is 8.13. The minimum Gasteiger partial charge on any atom is -0.493 e. The lowest BCUT2D eigenvalue weighted by Crippen LogP contribution is -2.26. The predicted molar refractivity (Wildman–Crippen MR) is 180 cm³/mol. The summed E-state index contributed by atoms with van der Waals surface area (Å²) in [6.07, 6.45) is 28.4. The van der Waals surface area contributed by atoms with Gasteiger partial charge in [0.05, 0.1) is 12.2 Å². The van der Waals surface area contributed by atoms with Crippen LogP contribution in [-0.2, 0) is 0 Å². The molecule has 42 heavy (non-hydrogen) atoms. The smallest absolute Gasteiger partial charge is 0.255 e. The van der Waals surface area contributed by atoms with E-state index < -0.39 is 0 Å². The van der Waals surface area contributed by atoms with E-state index in [0.717, 1.165) is 38.5 Å². The fourth-order valence-corrected chi connectivity index (χ4v) is 5.33. The molecule has 2 N–H and O–H groups in total. The Morgan fingerprint density at radius 1 is 0.524 bits per heavy atom. The van der Waals surface area contributed by atoms with E-state index in [1.807, 2.05) is 0 Å². The Hall–Kier alpha value is -2.04. The van der Waals surface area contributed by atoms with E-state index in [9.17, 15) is 9.59 Å². The Kier molecular flexibility index (Phi) is 25.1. The highest BCUT2D eigenvalue weighted by Gasteiger charge is 2.16. The maximum absolute atomic E-state index is 13.0. The molecule has 0 atom stereocenters. The van der Waals surface area contributed by atoms with Gasteiger partial charge in [-0.25, -0.2) is 0 Å². The zero-order valence-corrected chi connectivity index (χ0v) is 27.8. The fraction of sp³-hybridized carbons (Fsp3) is 0.784. The van der Waals surface area contributed by atoms with Crippen LogP contribution in [0.5, 0.6) is 5.75 Å². The van der Waals surface area contributed by atoms with Crippen LogP contribution in [-0.4, -0.2) is 31.5 Å². The molecule has 1 aromatic carbocycles. The number of nitrogens with one attached hydrogen (secondary N) is 2. The highest BCUT2D eigenvalue weighted by atomic mass is 16.5. The number of hydrogen-bond donors (Lipinski definition) is 2. The van der Waals surface area contributed by atoms with E-state index >= 15 is 0 Å². The molecular formula is C37H66N2O3. The minimum absolute atomic E-state index is 0.0935. The third kappa shape index (κ3) is 20.0. The maximum atomic E-state index is 13.0. The van der Waals surface area contributed by atoms with E-state index in [4.69, 9.17) is 4.74 Å². The van der Waals surface area contributed by atoms with Gasteiger partial charge < -0.3 is 15.4 Å². The summed E-state index contributed by atoms with van der Waals surface area (Å²) in [6, 6.07) is 5.27. The van der Waals surface area contributed by atoms with Crippen molar-refractivity contribution in [2.24, 2.45) is 0 Å². The van der Waals surface area contributed by atoms with Gasteiger partial charge in [0.1, 0.15) is 5.75 Å². The molecule has 0 heterocycles. The second-order valence-corrected chi connectivity index (χ2v) is 12.1. The van der Waals surface area contributed by atoms with E-state index in [0.29, 0.717) is 36.6 Å². The van der Waals surface area contributed by atoms with Gasteiger partial charge in [-0.1, -0.05) is 149 Å². The van der Waals surface area contributed by atoms with Gasteiger partial charge >= 0.3 is 0 Å². The number of ether oxygens (including phenoxy) is 1. The molecule has 1 rings (SSSR count). The number of unbranched alkanes of at least 4 members (excludes halogenated alkanes) is 20. The van der Waals surface area contributed by atoms with Gasteiger partial charge in [0.25, 0.3) is 11.8 Å². The lowest BCUT2D eigenvalue weighted by molar-refractivity contribution is 0.0937. The molecular weight excluding hydrogens is 520 g/mol. The highest BCUT2D eigenvalue weighted by molar-refractivity contribution is 6.00. The molecule has 0 aromatic heterocycles. The zero-order valence-electron chi connectivity index (χ0n) is 27.8. The molecule has 1 aromatic rings. The SMILES string of the molecule is CCCCCCCCCCCNC(=O)c1ccc(C(=O)NCCCCCCCCCCC)c(OCCCCCCC)c1. The van der Waals surface area contributed by atoms with Crippen molar-refractivity contribution >= 4 is 11.8 Å². The summed E-state index contributed by atoms with van der Waals surface area (Å²) in [5.74, 6) is 0.312. The number of amides is 2. The van der Waals surface area contributed by atoms with Crippen molar-refractivity contribution < 1.29 is 14.3 Å². The molecule has 0 radical (unpaired) electrons. The van der Waals surface area contributed by atoms with Gasteiger partial charge in [0, 0.05) is 18.7 Å². The Morgan fingerprint density at radius 2 is 0.929 bits per heavy atom. The van der Waals surface area contributed by atoms with E-state index in [-0.39, 0.29) is 11.8 Å². The Labute approximate surface area is 259 Å². The summed E-state index contributed by atoms with van der Waals surface area (Å²) < 4.78 is 6.09. The minimum atomic E-state index is -0.114. The molecule has 0 saturated heterocycles. The van der Waals surface area contributed by atoms with Crippen LogP contribution in [0.15, 0.2) is 18.2 Å². The molecule has 0 aliphatic rings. The molecule has 0 unspecified atom stereocenters. The van der Waals surface area contributed by atoms with Crippen molar-refractivity contribution in [3.63, 3.8) is 0 Å². The normalized spacial score (nSPS) is 11.0. The van der Waals surface area contributed by atoms with Crippen LogP contribution in [0.3, 0.4) is 0 Å². The first kappa shape index (κ1) is 38.0. The predicted octanol–water partition coefficient (Wildman–Crippen LogP) is 10.6. The molecule has 242 valence electrons. The van der Waals surface area contributed by atoms with Crippen LogP contribution in [0, 0.1) is 0 Å². The number of carbonyl (C=O) groups excluding carboxylic acids is 2. The summed E-state index contributed by atoms with van der Waals surface area (Å²) >= 11 is 0. The molecule has 0 saturated carbocycles. The first-order valence-electron chi connectivity index (χ1n) is 18.0. The third-order valence-electron chi connectivity index (χ3n) is 8.13. The number of benzene rings is 1. The average molecular weight is 587 g/mol. The number of hydrogen-bond acceptors (Lipinski definition) is 3.